The normalized spacial score (nSPS) is 48.5. The molecule has 3 heteroatoms. The molecular weight excluding hydrogens is 264 g/mol. The van der Waals surface area contributed by atoms with Crippen LogP contribution in [0.1, 0.15) is 45.4 Å². The average Bonchev–Trinajstić information content (AvgIpc) is 2.76. The van der Waals surface area contributed by atoms with E-state index >= 15 is 0 Å². The summed E-state index contributed by atoms with van der Waals surface area (Å²) in [4.78, 5) is 23.9. The second-order valence-corrected chi connectivity index (χ2v) is 7.56. The number of allylic oxidation sites excluding steroid dienone is 2. The molecule has 0 aromatic carbocycles. The number of rotatable bonds is 0. The van der Waals surface area contributed by atoms with Gasteiger partial charge in [0.1, 0.15) is 11.4 Å². The third kappa shape index (κ3) is 1.64. The fourth-order valence-electron chi connectivity index (χ4n) is 5.62. The quantitative estimate of drug-likeness (QED) is 0.744. The highest BCUT2D eigenvalue weighted by Crippen LogP contribution is 2.60. The zero-order valence-corrected chi connectivity index (χ0v) is 12.5. The van der Waals surface area contributed by atoms with Gasteiger partial charge < -0.3 is 5.11 Å². The molecule has 0 unspecified atom stereocenters. The number of fused-ring (bicyclic) bond motifs is 5. The van der Waals surface area contributed by atoms with Crippen LogP contribution in [-0.4, -0.2) is 22.3 Å². The maximum Gasteiger partial charge on any atom is 0.178 e. The zero-order valence-electron chi connectivity index (χ0n) is 12.5. The smallest absolute Gasteiger partial charge is 0.178 e. The first-order valence-electron chi connectivity index (χ1n) is 8.15. The number of aliphatic hydroxyl groups is 1. The topological polar surface area (TPSA) is 54.4 Å². The molecule has 4 aliphatic carbocycles. The molecule has 21 heavy (non-hydrogen) atoms. The maximum atomic E-state index is 12.3. The first-order valence-corrected chi connectivity index (χ1v) is 8.15. The largest absolute Gasteiger partial charge is 0.381 e. The van der Waals surface area contributed by atoms with Crippen molar-refractivity contribution < 1.29 is 14.7 Å². The van der Waals surface area contributed by atoms with Crippen molar-refractivity contribution in [1.82, 2.24) is 0 Å². The van der Waals surface area contributed by atoms with Crippen LogP contribution in [0.2, 0.25) is 0 Å². The fraction of sp³-hybridized carbons (Fsp3) is 0.667. The predicted molar refractivity (Wildman–Crippen MR) is 78.5 cm³/mol. The SMILES string of the molecule is C[C@]12CC[C@@H]3[C@H](CCC4=CC(=O)C=C[C@@]43O)[C@@H]1CCC2=O. The molecule has 112 valence electrons. The van der Waals surface area contributed by atoms with Crippen LogP contribution in [0.4, 0.5) is 0 Å². The second kappa shape index (κ2) is 4.16. The van der Waals surface area contributed by atoms with Gasteiger partial charge in [0.2, 0.25) is 0 Å². The predicted octanol–water partition coefficient (Wildman–Crippen LogP) is 2.59. The van der Waals surface area contributed by atoms with E-state index in [1.54, 1.807) is 12.2 Å². The van der Waals surface area contributed by atoms with E-state index in [2.05, 4.69) is 6.92 Å². The van der Waals surface area contributed by atoms with Crippen LogP contribution in [0.25, 0.3) is 0 Å². The molecular formula is C18H22O3. The molecule has 0 aromatic heterocycles. The Labute approximate surface area is 125 Å². The lowest BCUT2D eigenvalue weighted by molar-refractivity contribution is -0.134. The summed E-state index contributed by atoms with van der Waals surface area (Å²) in [6, 6.07) is 0. The minimum absolute atomic E-state index is 0.00943. The standard InChI is InChI=1S/C18H22O3/c1-17-8-7-15-13(14(17)4-5-16(17)20)3-2-11-10-12(19)6-9-18(11,15)21/h6,9-10,13-15,21H,2-5,7-8H2,1H3/t13-,14+,15-,17+,18-/m1/s1. The lowest BCUT2D eigenvalue weighted by Crippen LogP contribution is -2.54. The second-order valence-electron chi connectivity index (χ2n) is 7.56. The van der Waals surface area contributed by atoms with Crippen LogP contribution in [0.15, 0.2) is 23.8 Å². The molecule has 0 amide bonds. The highest BCUT2D eigenvalue weighted by atomic mass is 16.3. The Hall–Kier alpha value is -1.22. The van der Waals surface area contributed by atoms with Crippen molar-refractivity contribution in [2.45, 2.75) is 51.0 Å². The van der Waals surface area contributed by atoms with Crippen LogP contribution >= 0.6 is 0 Å². The molecule has 1 N–H and O–H groups in total. The first kappa shape index (κ1) is 13.4. The summed E-state index contributed by atoms with van der Waals surface area (Å²) in [6.07, 6.45) is 10.1. The Morgan fingerprint density at radius 3 is 2.76 bits per heavy atom. The molecule has 3 saturated carbocycles. The van der Waals surface area contributed by atoms with Crippen molar-refractivity contribution in [1.29, 1.82) is 0 Å². The molecule has 0 saturated heterocycles. The first-order chi connectivity index (χ1) is 9.95. The summed E-state index contributed by atoms with van der Waals surface area (Å²) >= 11 is 0. The molecule has 3 fully saturated rings. The van der Waals surface area contributed by atoms with E-state index in [0.29, 0.717) is 24.0 Å². The van der Waals surface area contributed by atoms with Crippen molar-refractivity contribution in [2.24, 2.45) is 23.2 Å². The Morgan fingerprint density at radius 1 is 1.14 bits per heavy atom. The monoisotopic (exact) mass is 286 g/mol. The van der Waals surface area contributed by atoms with Gasteiger partial charge in [0, 0.05) is 11.8 Å². The van der Waals surface area contributed by atoms with Gasteiger partial charge in [-0.2, -0.15) is 0 Å². The summed E-state index contributed by atoms with van der Waals surface area (Å²) in [7, 11) is 0. The minimum Gasteiger partial charge on any atom is -0.381 e. The van der Waals surface area contributed by atoms with Gasteiger partial charge >= 0.3 is 0 Å². The molecule has 0 heterocycles. The number of carbonyl (C=O) groups is 2. The molecule has 0 bridgehead atoms. The van der Waals surface area contributed by atoms with Crippen molar-refractivity contribution in [3.63, 3.8) is 0 Å². The Balaban J connectivity index is 1.72. The number of Topliss-reactive ketones (excluding diaryl/α,β-unsaturated/α-hetero) is 1. The van der Waals surface area contributed by atoms with Crippen molar-refractivity contribution in [3.8, 4) is 0 Å². The molecule has 3 nitrogen and oxygen atoms in total. The summed E-state index contributed by atoms with van der Waals surface area (Å²) in [5.41, 5.74) is -0.208. The van der Waals surface area contributed by atoms with Gasteiger partial charge in [-0.1, -0.05) is 6.92 Å². The lowest BCUT2D eigenvalue weighted by atomic mass is 9.51. The number of hydrogen-bond donors (Lipinski definition) is 1. The van der Waals surface area contributed by atoms with Gasteiger partial charge in [0.05, 0.1) is 0 Å². The van der Waals surface area contributed by atoms with Crippen LogP contribution in [0.5, 0.6) is 0 Å². The Bertz CT molecular complexity index is 587. The Kier molecular flexibility index (Phi) is 2.66. The fourth-order valence-corrected chi connectivity index (χ4v) is 5.62. The number of ketones is 2. The van der Waals surface area contributed by atoms with E-state index in [0.717, 1.165) is 37.7 Å². The van der Waals surface area contributed by atoms with Gasteiger partial charge in [-0.3, -0.25) is 9.59 Å². The maximum absolute atomic E-state index is 12.3. The van der Waals surface area contributed by atoms with Crippen LogP contribution in [-0.2, 0) is 9.59 Å². The molecule has 0 aromatic rings. The molecule has 0 spiro atoms. The van der Waals surface area contributed by atoms with Gasteiger partial charge in [-0.25, -0.2) is 0 Å². The van der Waals surface area contributed by atoms with Gasteiger partial charge in [0.25, 0.3) is 0 Å². The van der Waals surface area contributed by atoms with Crippen molar-refractivity contribution in [3.05, 3.63) is 23.8 Å². The zero-order chi connectivity index (χ0) is 14.8. The van der Waals surface area contributed by atoms with E-state index in [9.17, 15) is 14.7 Å². The molecule has 4 rings (SSSR count). The van der Waals surface area contributed by atoms with Crippen molar-refractivity contribution in [2.75, 3.05) is 0 Å². The third-order valence-electron chi connectivity index (χ3n) is 6.79. The Morgan fingerprint density at radius 2 is 1.95 bits per heavy atom. The summed E-state index contributed by atoms with van der Waals surface area (Å²) in [5.74, 6) is 1.42. The average molecular weight is 286 g/mol. The van der Waals surface area contributed by atoms with Gasteiger partial charge in [-0.05, 0) is 73.7 Å². The van der Waals surface area contributed by atoms with Crippen LogP contribution in [0.3, 0.4) is 0 Å². The summed E-state index contributed by atoms with van der Waals surface area (Å²) in [6.45, 7) is 2.14. The minimum atomic E-state index is -0.941. The molecule has 0 aliphatic heterocycles. The van der Waals surface area contributed by atoms with Crippen LogP contribution < -0.4 is 0 Å². The molecule has 5 atom stereocenters. The van der Waals surface area contributed by atoms with Crippen LogP contribution in [0, 0.1) is 23.2 Å². The van der Waals surface area contributed by atoms with Crippen molar-refractivity contribution >= 4 is 11.6 Å². The lowest BCUT2D eigenvalue weighted by Gasteiger charge is -2.54. The van der Waals surface area contributed by atoms with E-state index in [-0.39, 0.29) is 17.1 Å². The van der Waals surface area contributed by atoms with Gasteiger partial charge in [-0.15, -0.1) is 0 Å². The van der Waals surface area contributed by atoms with E-state index in [1.165, 1.54) is 6.08 Å². The van der Waals surface area contributed by atoms with Gasteiger partial charge in [0.15, 0.2) is 5.78 Å². The highest BCUT2D eigenvalue weighted by Gasteiger charge is 2.59. The summed E-state index contributed by atoms with van der Waals surface area (Å²) in [5, 5.41) is 11.2. The third-order valence-corrected chi connectivity index (χ3v) is 6.79. The van der Waals surface area contributed by atoms with E-state index in [1.807, 2.05) is 0 Å². The number of hydrogen-bond acceptors (Lipinski definition) is 3. The summed E-state index contributed by atoms with van der Waals surface area (Å²) < 4.78 is 0. The number of carbonyl (C=O) groups excluding carboxylic acids is 2. The van der Waals surface area contributed by atoms with E-state index < -0.39 is 5.60 Å². The highest BCUT2D eigenvalue weighted by molar-refractivity contribution is 6.01. The molecule has 0 radical (unpaired) electrons. The molecule has 4 aliphatic rings. The van der Waals surface area contributed by atoms with E-state index in [4.69, 9.17) is 0 Å².